The van der Waals surface area contributed by atoms with Crippen LogP contribution in [0.2, 0.25) is 5.02 Å². The van der Waals surface area contributed by atoms with E-state index in [1.54, 1.807) is 29.2 Å². The largest absolute Gasteiger partial charge is 0.481 e. The summed E-state index contributed by atoms with van der Waals surface area (Å²) in [5, 5.41) is 15.1. The van der Waals surface area contributed by atoms with E-state index < -0.39 is 5.97 Å². The maximum atomic E-state index is 12.0. The van der Waals surface area contributed by atoms with Gasteiger partial charge in [0.05, 0.1) is 5.92 Å². The van der Waals surface area contributed by atoms with Gasteiger partial charge in [-0.2, -0.15) is 0 Å². The number of halogens is 1. The Labute approximate surface area is 151 Å². The molecule has 0 aromatic heterocycles. The van der Waals surface area contributed by atoms with Crippen molar-refractivity contribution in [1.29, 1.82) is 0 Å². The van der Waals surface area contributed by atoms with Gasteiger partial charge in [0, 0.05) is 36.8 Å². The zero-order valence-electron chi connectivity index (χ0n) is 13.8. The van der Waals surface area contributed by atoms with Crippen LogP contribution in [0.1, 0.15) is 25.7 Å². The van der Waals surface area contributed by atoms with E-state index in [1.807, 2.05) is 0 Å². The van der Waals surface area contributed by atoms with Crippen LogP contribution in [0.5, 0.6) is 0 Å². The fourth-order valence-corrected chi connectivity index (χ4v) is 2.77. The number of rotatable bonds is 6. The second-order valence-corrected chi connectivity index (χ2v) is 6.43. The van der Waals surface area contributed by atoms with Gasteiger partial charge in [-0.3, -0.25) is 9.59 Å². The van der Waals surface area contributed by atoms with E-state index in [2.05, 4.69) is 10.6 Å². The van der Waals surface area contributed by atoms with Crippen LogP contribution in [-0.2, 0) is 9.59 Å². The van der Waals surface area contributed by atoms with Crippen molar-refractivity contribution >= 4 is 35.2 Å². The van der Waals surface area contributed by atoms with Gasteiger partial charge in [-0.1, -0.05) is 11.6 Å². The fraction of sp³-hybridized carbons (Fsp3) is 0.471. The lowest BCUT2D eigenvalue weighted by Gasteiger charge is -2.30. The lowest BCUT2D eigenvalue weighted by molar-refractivity contribution is -0.143. The van der Waals surface area contributed by atoms with Gasteiger partial charge < -0.3 is 20.6 Å². The molecule has 0 saturated carbocycles. The van der Waals surface area contributed by atoms with Crippen LogP contribution in [0.15, 0.2) is 24.3 Å². The number of piperidine rings is 1. The van der Waals surface area contributed by atoms with Crippen molar-refractivity contribution in [3.63, 3.8) is 0 Å². The third-order valence-electron chi connectivity index (χ3n) is 4.12. The average molecular weight is 368 g/mol. The number of carbonyl (C=O) groups excluding carboxylic acids is 2. The van der Waals surface area contributed by atoms with Crippen molar-refractivity contribution in [3.05, 3.63) is 29.3 Å². The Bertz CT molecular complexity index is 613. The summed E-state index contributed by atoms with van der Waals surface area (Å²) in [5.41, 5.74) is 0.680. The Kier molecular flexibility index (Phi) is 7.06. The molecular weight excluding hydrogens is 346 g/mol. The molecule has 0 bridgehead atoms. The molecule has 25 heavy (non-hydrogen) atoms. The molecule has 1 aromatic rings. The molecule has 1 heterocycles. The molecule has 3 N–H and O–H groups in total. The van der Waals surface area contributed by atoms with Gasteiger partial charge in [-0.15, -0.1) is 0 Å². The van der Waals surface area contributed by atoms with Gasteiger partial charge in [0.1, 0.15) is 0 Å². The van der Waals surface area contributed by atoms with Gasteiger partial charge in [0.25, 0.3) is 0 Å². The van der Waals surface area contributed by atoms with E-state index in [-0.39, 0.29) is 17.9 Å². The SMILES string of the molecule is O=C(CCCNC(=O)N1CCC(C(=O)O)CC1)Nc1ccc(Cl)cc1. The van der Waals surface area contributed by atoms with Crippen LogP contribution in [0.4, 0.5) is 10.5 Å². The molecule has 1 fully saturated rings. The van der Waals surface area contributed by atoms with Crippen LogP contribution in [0.25, 0.3) is 0 Å². The maximum absolute atomic E-state index is 12.0. The zero-order chi connectivity index (χ0) is 18.2. The molecule has 136 valence electrons. The summed E-state index contributed by atoms with van der Waals surface area (Å²) < 4.78 is 0. The molecule has 1 saturated heterocycles. The van der Waals surface area contributed by atoms with Gasteiger partial charge >= 0.3 is 12.0 Å². The Balaban J connectivity index is 1.60. The van der Waals surface area contributed by atoms with Crippen molar-refractivity contribution < 1.29 is 19.5 Å². The van der Waals surface area contributed by atoms with E-state index in [0.717, 1.165) is 0 Å². The topological polar surface area (TPSA) is 98.7 Å². The third kappa shape index (κ3) is 6.26. The van der Waals surface area contributed by atoms with Gasteiger partial charge in [0.2, 0.25) is 5.91 Å². The quantitative estimate of drug-likeness (QED) is 0.673. The maximum Gasteiger partial charge on any atom is 0.317 e. The molecule has 3 amide bonds. The number of nitrogens with zero attached hydrogens (tertiary/aromatic N) is 1. The highest BCUT2D eigenvalue weighted by Gasteiger charge is 2.26. The number of aliphatic carboxylic acids is 1. The predicted octanol–water partition coefficient (Wildman–Crippen LogP) is 2.56. The summed E-state index contributed by atoms with van der Waals surface area (Å²) in [6, 6.07) is 6.64. The number of nitrogens with one attached hydrogen (secondary N) is 2. The van der Waals surface area contributed by atoms with Gasteiger partial charge in [-0.05, 0) is 43.5 Å². The average Bonchev–Trinajstić information content (AvgIpc) is 2.60. The Hall–Kier alpha value is -2.28. The molecular formula is C17H22ClN3O4. The lowest BCUT2D eigenvalue weighted by Crippen LogP contribution is -2.45. The molecule has 2 rings (SSSR count). The highest BCUT2D eigenvalue weighted by atomic mass is 35.5. The first kappa shape index (κ1) is 19.1. The molecule has 0 aliphatic carbocycles. The first-order chi connectivity index (χ1) is 12.0. The summed E-state index contributed by atoms with van der Waals surface area (Å²) in [6.45, 7) is 1.28. The number of benzene rings is 1. The Morgan fingerprint density at radius 3 is 2.40 bits per heavy atom. The molecule has 0 atom stereocenters. The number of urea groups is 1. The Morgan fingerprint density at radius 1 is 1.16 bits per heavy atom. The summed E-state index contributed by atoms with van der Waals surface area (Å²) in [6.07, 6.45) is 1.78. The molecule has 7 nitrogen and oxygen atoms in total. The zero-order valence-corrected chi connectivity index (χ0v) is 14.6. The number of carboxylic acid groups (broad SMARTS) is 1. The highest BCUT2D eigenvalue weighted by molar-refractivity contribution is 6.30. The minimum Gasteiger partial charge on any atom is -0.481 e. The summed E-state index contributed by atoms with van der Waals surface area (Å²) in [7, 11) is 0. The summed E-state index contributed by atoms with van der Waals surface area (Å²) in [5.74, 6) is -1.29. The van der Waals surface area contributed by atoms with Gasteiger partial charge in [-0.25, -0.2) is 4.79 Å². The van der Waals surface area contributed by atoms with Gasteiger partial charge in [0.15, 0.2) is 0 Å². The normalized spacial score (nSPS) is 14.8. The number of amides is 3. The molecule has 8 heteroatoms. The molecule has 1 aliphatic rings. The van der Waals surface area contributed by atoms with E-state index in [9.17, 15) is 14.4 Å². The third-order valence-corrected chi connectivity index (χ3v) is 4.37. The van der Waals surface area contributed by atoms with Crippen molar-refractivity contribution in [2.45, 2.75) is 25.7 Å². The van der Waals surface area contributed by atoms with Crippen LogP contribution >= 0.6 is 11.6 Å². The van der Waals surface area contributed by atoms with Crippen LogP contribution in [0.3, 0.4) is 0 Å². The minimum absolute atomic E-state index is 0.126. The van der Waals surface area contributed by atoms with Crippen molar-refractivity contribution in [2.24, 2.45) is 5.92 Å². The van der Waals surface area contributed by atoms with E-state index in [0.29, 0.717) is 56.0 Å². The number of carboxylic acids is 1. The lowest BCUT2D eigenvalue weighted by atomic mass is 9.97. The highest BCUT2D eigenvalue weighted by Crippen LogP contribution is 2.17. The second-order valence-electron chi connectivity index (χ2n) is 5.99. The molecule has 1 aliphatic heterocycles. The van der Waals surface area contributed by atoms with E-state index in [1.165, 1.54) is 0 Å². The second kappa shape index (κ2) is 9.27. The molecule has 0 unspecified atom stereocenters. The number of hydrogen-bond acceptors (Lipinski definition) is 3. The van der Waals surface area contributed by atoms with Crippen molar-refractivity contribution in [1.82, 2.24) is 10.2 Å². The fourth-order valence-electron chi connectivity index (χ4n) is 2.64. The standard InChI is InChI=1S/C17H22ClN3O4/c18-13-3-5-14(6-4-13)20-15(22)2-1-9-19-17(25)21-10-7-12(8-11-21)16(23)24/h3-6,12H,1-2,7-11H2,(H,19,25)(H,20,22)(H,23,24). The Morgan fingerprint density at radius 2 is 1.80 bits per heavy atom. The summed E-state index contributed by atoms with van der Waals surface area (Å²) in [4.78, 5) is 36.3. The number of carbonyl (C=O) groups is 3. The predicted molar refractivity (Wildman–Crippen MR) is 94.6 cm³/mol. The first-order valence-electron chi connectivity index (χ1n) is 8.26. The molecule has 0 radical (unpaired) electrons. The number of anilines is 1. The van der Waals surface area contributed by atoms with Crippen LogP contribution in [-0.4, -0.2) is 47.5 Å². The van der Waals surface area contributed by atoms with Crippen LogP contribution in [0, 0.1) is 5.92 Å². The van der Waals surface area contributed by atoms with Crippen LogP contribution < -0.4 is 10.6 Å². The molecule has 1 aromatic carbocycles. The number of hydrogen-bond donors (Lipinski definition) is 3. The van der Waals surface area contributed by atoms with Crippen molar-refractivity contribution in [3.8, 4) is 0 Å². The van der Waals surface area contributed by atoms with E-state index in [4.69, 9.17) is 16.7 Å². The van der Waals surface area contributed by atoms with E-state index >= 15 is 0 Å². The molecule has 0 spiro atoms. The minimum atomic E-state index is -0.799. The number of likely N-dealkylation sites (tertiary alicyclic amines) is 1. The smallest absolute Gasteiger partial charge is 0.317 e. The van der Waals surface area contributed by atoms with Crippen molar-refractivity contribution in [2.75, 3.05) is 25.0 Å². The monoisotopic (exact) mass is 367 g/mol. The first-order valence-corrected chi connectivity index (χ1v) is 8.64. The summed E-state index contributed by atoms with van der Waals surface area (Å²) >= 11 is 5.78.